The minimum atomic E-state index is -0.347. The van der Waals surface area contributed by atoms with Crippen molar-refractivity contribution < 1.29 is 9.18 Å². The van der Waals surface area contributed by atoms with Gasteiger partial charge in [-0.3, -0.25) is 4.79 Å². The summed E-state index contributed by atoms with van der Waals surface area (Å²) in [5.74, 6) is -0.243. The molecule has 3 N–H and O–H groups in total. The van der Waals surface area contributed by atoms with E-state index in [4.69, 9.17) is 5.73 Å². The first-order valence-corrected chi connectivity index (χ1v) is 5.89. The van der Waals surface area contributed by atoms with Gasteiger partial charge >= 0.3 is 0 Å². The quantitative estimate of drug-likeness (QED) is 0.833. The van der Waals surface area contributed by atoms with Crippen LogP contribution in [0.5, 0.6) is 0 Å². The molecule has 4 heteroatoms. The molecule has 0 atom stereocenters. The van der Waals surface area contributed by atoms with E-state index in [1.807, 2.05) is 0 Å². The molecule has 1 fully saturated rings. The highest BCUT2D eigenvalue weighted by Gasteiger charge is 2.42. The summed E-state index contributed by atoms with van der Waals surface area (Å²) in [5, 5.41) is 2.87. The number of carbonyl (C=O) groups excluding carboxylic acids is 1. The van der Waals surface area contributed by atoms with Gasteiger partial charge in [0.05, 0.1) is 5.41 Å². The first kappa shape index (κ1) is 12.0. The molecule has 0 unspecified atom stereocenters. The Balaban J connectivity index is 1.90. The van der Waals surface area contributed by atoms with Crippen LogP contribution in [0.25, 0.3) is 0 Å². The van der Waals surface area contributed by atoms with E-state index < -0.39 is 0 Å². The lowest BCUT2D eigenvalue weighted by Crippen LogP contribution is -2.50. The average Bonchev–Trinajstić information content (AvgIpc) is 2.27. The summed E-state index contributed by atoms with van der Waals surface area (Å²) in [6.07, 6.45) is 2.82. The van der Waals surface area contributed by atoms with Crippen LogP contribution < -0.4 is 11.1 Å². The number of amides is 1. The highest BCUT2D eigenvalue weighted by atomic mass is 19.1. The molecule has 0 radical (unpaired) electrons. The van der Waals surface area contributed by atoms with Crippen molar-refractivity contribution in [1.29, 1.82) is 0 Å². The minimum Gasteiger partial charge on any atom is -0.352 e. The zero-order chi connectivity index (χ0) is 12.3. The van der Waals surface area contributed by atoms with Crippen LogP contribution in [-0.2, 0) is 11.3 Å². The third-order valence-electron chi connectivity index (χ3n) is 3.55. The molecule has 17 heavy (non-hydrogen) atoms. The SMILES string of the molecule is NCC1(C(=O)NCc2ccc(F)cc2)CCC1. The van der Waals surface area contributed by atoms with Crippen LogP contribution in [-0.4, -0.2) is 12.5 Å². The molecule has 0 heterocycles. The van der Waals surface area contributed by atoms with Gasteiger partial charge in [-0.25, -0.2) is 4.39 Å². The topological polar surface area (TPSA) is 55.1 Å². The molecule has 0 spiro atoms. The van der Waals surface area contributed by atoms with Crippen LogP contribution in [0, 0.1) is 11.2 Å². The first-order chi connectivity index (χ1) is 8.16. The van der Waals surface area contributed by atoms with Crippen molar-refractivity contribution in [2.75, 3.05) is 6.54 Å². The number of nitrogens with two attached hydrogens (primary N) is 1. The summed E-state index contributed by atoms with van der Waals surface area (Å²) in [4.78, 5) is 12.0. The van der Waals surface area contributed by atoms with E-state index in [9.17, 15) is 9.18 Å². The fourth-order valence-corrected chi connectivity index (χ4v) is 2.10. The molecule has 1 saturated carbocycles. The third-order valence-corrected chi connectivity index (χ3v) is 3.55. The molecule has 1 aromatic carbocycles. The van der Waals surface area contributed by atoms with Crippen LogP contribution >= 0.6 is 0 Å². The number of hydrogen-bond acceptors (Lipinski definition) is 2. The second-order valence-electron chi connectivity index (χ2n) is 4.65. The number of carbonyl (C=O) groups is 1. The van der Waals surface area contributed by atoms with Gasteiger partial charge < -0.3 is 11.1 Å². The summed E-state index contributed by atoms with van der Waals surface area (Å²) in [6.45, 7) is 0.836. The highest BCUT2D eigenvalue weighted by Crippen LogP contribution is 2.39. The van der Waals surface area contributed by atoms with E-state index >= 15 is 0 Å². The maximum Gasteiger partial charge on any atom is 0.227 e. The van der Waals surface area contributed by atoms with Gasteiger partial charge in [-0.1, -0.05) is 18.6 Å². The van der Waals surface area contributed by atoms with E-state index in [2.05, 4.69) is 5.32 Å². The monoisotopic (exact) mass is 236 g/mol. The molecule has 1 aromatic rings. The maximum absolute atomic E-state index is 12.7. The number of benzene rings is 1. The largest absolute Gasteiger partial charge is 0.352 e. The molecule has 2 rings (SSSR count). The van der Waals surface area contributed by atoms with Crippen molar-refractivity contribution >= 4 is 5.91 Å². The maximum atomic E-state index is 12.7. The van der Waals surface area contributed by atoms with Crippen molar-refractivity contribution in [3.63, 3.8) is 0 Å². The molecule has 1 aliphatic rings. The molecular formula is C13H17FN2O. The van der Waals surface area contributed by atoms with Gasteiger partial charge in [0.1, 0.15) is 5.82 Å². The van der Waals surface area contributed by atoms with Crippen LogP contribution in [0.3, 0.4) is 0 Å². The highest BCUT2D eigenvalue weighted by molar-refractivity contribution is 5.83. The average molecular weight is 236 g/mol. The number of rotatable bonds is 4. The van der Waals surface area contributed by atoms with Gasteiger partial charge in [-0.2, -0.15) is 0 Å². The fraction of sp³-hybridized carbons (Fsp3) is 0.462. The minimum absolute atomic E-state index is 0.0237. The third kappa shape index (κ3) is 2.47. The smallest absolute Gasteiger partial charge is 0.227 e. The van der Waals surface area contributed by atoms with Crippen LogP contribution in [0.1, 0.15) is 24.8 Å². The van der Waals surface area contributed by atoms with Crippen LogP contribution in [0.2, 0.25) is 0 Å². The van der Waals surface area contributed by atoms with E-state index in [0.29, 0.717) is 13.1 Å². The zero-order valence-corrected chi connectivity index (χ0v) is 9.71. The predicted molar refractivity (Wildman–Crippen MR) is 63.6 cm³/mol. The molecule has 1 amide bonds. The molecule has 0 aromatic heterocycles. The number of nitrogens with one attached hydrogen (secondary N) is 1. The Labute approximate surface area is 100 Å². The normalized spacial score (nSPS) is 17.3. The van der Waals surface area contributed by atoms with Crippen molar-refractivity contribution in [2.24, 2.45) is 11.1 Å². The second kappa shape index (κ2) is 4.84. The first-order valence-electron chi connectivity index (χ1n) is 5.89. The fourth-order valence-electron chi connectivity index (χ4n) is 2.10. The Bertz CT molecular complexity index is 393. The molecule has 0 bridgehead atoms. The molecule has 1 aliphatic carbocycles. The summed E-state index contributed by atoms with van der Waals surface area (Å²) in [5.41, 5.74) is 6.20. The molecular weight excluding hydrogens is 219 g/mol. The lowest BCUT2D eigenvalue weighted by Gasteiger charge is -2.39. The summed E-state index contributed by atoms with van der Waals surface area (Å²) in [7, 11) is 0. The predicted octanol–water partition coefficient (Wildman–Crippen LogP) is 1.57. The molecule has 92 valence electrons. The van der Waals surface area contributed by atoms with E-state index in [1.54, 1.807) is 12.1 Å². The zero-order valence-electron chi connectivity index (χ0n) is 9.71. The molecule has 3 nitrogen and oxygen atoms in total. The van der Waals surface area contributed by atoms with Gasteiger partial charge in [-0.05, 0) is 30.5 Å². The lowest BCUT2D eigenvalue weighted by atomic mass is 9.68. The lowest BCUT2D eigenvalue weighted by molar-refractivity contribution is -0.135. The van der Waals surface area contributed by atoms with Gasteiger partial charge in [0.25, 0.3) is 0 Å². The standard InChI is InChI=1S/C13H17FN2O/c14-11-4-2-10(3-5-11)8-16-12(17)13(9-15)6-1-7-13/h2-5H,1,6-9,15H2,(H,16,17). The van der Waals surface area contributed by atoms with Gasteiger partial charge in [0.15, 0.2) is 0 Å². The second-order valence-corrected chi connectivity index (χ2v) is 4.65. The summed E-state index contributed by atoms with van der Waals surface area (Å²) >= 11 is 0. The van der Waals surface area contributed by atoms with Gasteiger partial charge in [0.2, 0.25) is 5.91 Å². The van der Waals surface area contributed by atoms with Gasteiger partial charge in [-0.15, -0.1) is 0 Å². The summed E-state index contributed by atoms with van der Waals surface area (Å²) in [6, 6.07) is 6.13. The van der Waals surface area contributed by atoms with Crippen LogP contribution in [0.4, 0.5) is 4.39 Å². The van der Waals surface area contributed by atoms with Gasteiger partial charge in [0, 0.05) is 13.1 Å². The van der Waals surface area contributed by atoms with Crippen molar-refractivity contribution in [1.82, 2.24) is 5.32 Å². The Morgan fingerprint density at radius 1 is 1.35 bits per heavy atom. The Kier molecular flexibility index (Phi) is 3.43. The summed E-state index contributed by atoms with van der Waals surface area (Å²) < 4.78 is 12.7. The Hall–Kier alpha value is -1.42. The Morgan fingerprint density at radius 2 is 2.00 bits per heavy atom. The molecule has 0 aliphatic heterocycles. The van der Waals surface area contributed by atoms with Crippen molar-refractivity contribution in [3.05, 3.63) is 35.6 Å². The van der Waals surface area contributed by atoms with E-state index in [-0.39, 0.29) is 17.1 Å². The van der Waals surface area contributed by atoms with Crippen LogP contribution in [0.15, 0.2) is 24.3 Å². The van der Waals surface area contributed by atoms with E-state index in [0.717, 1.165) is 24.8 Å². The van der Waals surface area contributed by atoms with Crippen molar-refractivity contribution in [2.45, 2.75) is 25.8 Å². The number of halogens is 1. The van der Waals surface area contributed by atoms with Crippen molar-refractivity contribution in [3.8, 4) is 0 Å². The van der Waals surface area contributed by atoms with E-state index in [1.165, 1.54) is 12.1 Å². The Morgan fingerprint density at radius 3 is 2.47 bits per heavy atom. The molecule has 0 saturated heterocycles. The number of hydrogen-bond donors (Lipinski definition) is 2.